The number of carbonyl (C=O) groups is 3. The van der Waals surface area contributed by atoms with E-state index in [0.29, 0.717) is 6.42 Å². The Morgan fingerprint density at radius 2 is 1.74 bits per heavy atom. The van der Waals surface area contributed by atoms with E-state index < -0.39 is 51.3 Å². The van der Waals surface area contributed by atoms with Crippen LogP contribution < -0.4 is 0 Å². The van der Waals surface area contributed by atoms with Crippen molar-refractivity contribution in [3.8, 4) is 17.2 Å². The van der Waals surface area contributed by atoms with Crippen LogP contribution in [0.25, 0.3) is 5.76 Å². The minimum Gasteiger partial charge on any atom is -0.506 e. The Kier molecular flexibility index (Phi) is 4.22. The highest BCUT2D eigenvalue weighted by Gasteiger charge is 2.35. The second kappa shape index (κ2) is 5.96. The molecule has 1 aliphatic carbocycles. The number of rotatable bonds is 4. The smallest absolute Gasteiger partial charge is 0.237 e. The summed E-state index contributed by atoms with van der Waals surface area (Å²) < 4.78 is 0. The van der Waals surface area contributed by atoms with Crippen LogP contribution in [-0.2, 0) is 9.59 Å². The number of Topliss-reactive ketones (excluding diaryl/α,β-unsaturated/α-hetero) is 2. The summed E-state index contributed by atoms with van der Waals surface area (Å²) in [6.45, 7) is 1.79. The topological polar surface area (TPSA) is 132 Å². The van der Waals surface area contributed by atoms with Crippen LogP contribution in [0.4, 0.5) is 0 Å². The normalized spacial score (nSPS) is 14.5. The van der Waals surface area contributed by atoms with E-state index in [1.54, 1.807) is 6.92 Å². The lowest BCUT2D eigenvalue weighted by Crippen LogP contribution is -2.23. The van der Waals surface area contributed by atoms with Crippen molar-refractivity contribution in [1.82, 2.24) is 0 Å². The van der Waals surface area contributed by atoms with Crippen LogP contribution in [0.15, 0.2) is 23.8 Å². The van der Waals surface area contributed by atoms with Crippen LogP contribution in [0, 0.1) is 0 Å². The van der Waals surface area contributed by atoms with Crippen LogP contribution in [-0.4, -0.2) is 37.8 Å². The zero-order chi connectivity index (χ0) is 17.3. The molecule has 0 spiro atoms. The summed E-state index contributed by atoms with van der Waals surface area (Å²) in [5, 5.41) is 38.9. The predicted molar refractivity (Wildman–Crippen MR) is 79.4 cm³/mol. The quantitative estimate of drug-likeness (QED) is 0.378. The van der Waals surface area contributed by atoms with Crippen molar-refractivity contribution >= 4 is 23.1 Å². The summed E-state index contributed by atoms with van der Waals surface area (Å²) >= 11 is 0. The van der Waals surface area contributed by atoms with Gasteiger partial charge in [-0.05, 0) is 24.6 Å². The number of fused-ring (bicyclic) bond motifs is 1. The van der Waals surface area contributed by atoms with Crippen LogP contribution in [0.2, 0.25) is 0 Å². The van der Waals surface area contributed by atoms with E-state index in [2.05, 4.69) is 0 Å². The molecule has 0 amide bonds. The van der Waals surface area contributed by atoms with Gasteiger partial charge in [0.2, 0.25) is 17.3 Å². The van der Waals surface area contributed by atoms with Gasteiger partial charge >= 0.3 is 0 Å². The van der Waals surface area contributed by atoms with E-state index in [0.717, 1.165) is 18.2 Å². The minimum absolute atomic E-state index is 0.239. The molecule has 0 fully saturated rings. The second-order valence-corrected chi connectivity index (χ2v) is 4.99. The highest BCUT2D eigenvalue weighted by Crippen LogP contribution is 2.44. The van der Waals surface area contributed by atoms with Crippen molar-refractivity contribution in [2.24, 2.45) is 0 Å². The Hall–Kier alpha value is -3.09. The van der Waals surface area contributed by atoms with Gasteiger partial charge in [0.1, 0.15) is 5.76 Å². The molecule has 1 aromatic rings. The number of hydrogen-bond acceptors (Lipinski definition) is 7. The van der Waals surface area contributed by atoms with Crippen molar-refractivity contribution in [2.75, 3.05) is 0 Å². The lowest BCUT2D eigenvalue weighted by atomic mass is 9.87. The number of ketones is 3. The van der Waals surface area contributed by atoms with E-state index >= 15 is 0 Å². The molecule has 0 heterocycles. The fourth-order valence-corrected chi connectivity index (χ4v) is 2.21. The number of aliphatic hydroxyl groups is 1. The molecule has 0 saturated heterocycles. The van der Waals surface area contributed by atoms with E-state index in [4.69, 9.17) is 0 Å². The van der Waals surface area contributed by atoms with Crippen LogP contribution >= 0.6 is 0 Å². The molecule has 0 aliphatic heterocycles. The third kappa shape index (κ3) is 2.68. The predicted octanol–water partition coefficient (Wildman–Crippen LogP) is 1.76. The molecule has 23 heavy (non-hydrogen) atoms. The Balaban J connectivity index is 2.63. The van der Waals surface area contributed by atoms with Crippen LogP contribution in [0.5, 0.6) is 17.2 Å². The summed E-state index contributed by atoms with van der Waals surface area (Å²) in [6.07, 6.45) is 2.89. The zero-order valence-electron chi connectivity index (χ0n) is 12.2. The fraction of sp³-hybridized carbons (Fsp3) is 0.188. The highest BCUT2D eigenvalue weighted by atomic mass is 16.3. The van der Waals surface area contributed by atoms with E-state index in [1.165, 1.54) is 0 Å². The van der Waals surface area contributed by atoms with Gasteiger partial charge < -0.3 is 20.4 Å². The number of aliphatic hydroxyl groups excluding tert-OH is 1. The fourth-order valence-electron chi connectivity index (χ4n) is 2.21. The maximum atomic E-state index is 12.0. The van der Waals surface area contributed by atoms with Crippen LogP contribution in [0.3, 0.4) is 0 Å². The number of aromatic hydroxyl groups is 3. The molecule has 7 nitrogen and oxygen atoms in total. The Bertz CT molecular complexity index is 784. The zero-order valence-corrected chi connectivity index (χ0v) is 12.2. The lowest BCUT2D eigenvalue weighted by Gasteiger charge is -2.18. The molecule has 0 saturated carbocycles. The monoisotopic (exact) mass is 318 g/mol. The Morgan fingerprint density at radius 1 is 1.09 bits per heavy atom. The van der Waals surface area contributed by atoms with Crippen molar-refractivity contribution in [1.29, 1.82) is 0 Å². The summed E-state index contributed by atoms with van der Waals surface area (Å²) in [6, 6.07) is 0.781. The first-order chi connectivity index (χ1) is 10.8. The Morgan fingerprint density at radius 3 is 2.35 bits per heavy atom. The maximum absolute atomic E-state index is 12.0. The van der Waals surface area contributed by atoms with Gasteiger partial charge in [0.25, 0.3) is 0 Å². The SMILES string of the molecule is CCCC(=O)C=CC1=C(O)c2c(cc(O)c(O)c2O)C(=O)C1=O. The van der Waals surface area contributed by atoms with Gasteiger partial charge in [-0.15, -0.1) is 0 Å². The van der Waals surface area contributed by atoms with Crippen molar-refractivity contribution in [2.45, 2.75) is 19.8 Å². The molecule has 0 unspecified atom stereocenters. The van der Waals surface area contributed by atoms with Gasteiger partial charge in [-0.1, -0.05) is 6.92 Å². The summed E-state index contributed by atoms with van der Waals surface area (Å²) in [7, 11) is 0. The van der Waals surface area contributed by atoms with Crippen molar-refractivity contribution in [3.05, 3.63) is 34.9 Å². The number of allylic oxidation sites excluding steroid dienone is 3. The number of hydrogen-bond donors (Lipinski definition) is 4. The standard InChI is InChI=1S/C16H14O7/c1-2-3-7(17)4-5-8-12(19)11-9(14(21)13(8)20)6-10(18)15(22)16(11)23/h4-6,18-19,22-23H,2-3H2,1H3. The lowest BCUT2D eigenvalue weighted by molar-refractivity contribution is -0.114. The molecule has 0 radical (unpaired) electrons. The number of phenolic OH excluding ortho intramolecular Hbond substituents is 3. The van der Waals surface area contributed by atoms with E-state index in [1.807, 2.05) is 0 Å². The number of carbonyl (C=O) groups excluding carboxylic acids is 3. The number of benzene rings is 1. The third-order valence-electron chi connectivity index (χ3n) is 3.37. The minimum atomic E-state index is -1.08. The molecular formula is C16H14O7. The second-order valence-electron chi connectivity index (χ2n) is 4.99. The van der Waals surface area contributed by atoms with Gasteiger partial charge in [0.05, 0.1) is 11.1 Å². The third-order valence-corrected chi connectivity index (χ3v) is 3.37. The van der Waals surface area contributed by atoms with Crippen LogP contribution in [0.1, 0.15) is 35.7 Å². The Labute approximate surface area is 130 Å². The summed E-state index contributed by atoms with van der Waals surface area (Å²) in [5.41, 5.74) is -1.36. The first-order valence-corrected chi connectivity index (χ1v) is 6.81. The van der Waals surface area contributed by atoms with E-state index in [-0.39, 0.29) is 12.2 Å². The summed E-state index contributed by atoms with van der Waals surface area (Å²) in [4.78, 5) is 35.5. The molecule has 120 valence electrons. The molecule has 7 heteroatoms. The molecule has 4 N–H and O–H groups in total. The molecule has 0 atom stereocenters. The summed E-state index contributed by atoms with van der Waals surface area (Å²) in [5.74, 6) is -5.86. The average Bonchev–Trinajstić information content (AvgIpc) is 2.50. The average molecular weight is 318 g/mol. The van der Waals surface area contributed by atoms with Gasteiger partial charge in [-0.3, -0.25) is 14.4 Å². The van der Waals surface area contributed by atoms with Gasteiger partial charge in [0, 0.05) is 12.0 Å². The van der Waals surface area contributed by atoms with Gasteiger partial charge in [-0.25, -0.2) is 0 Å². The first kappa shape index (κ1) is 16.3. The maximum Gasteiger partial charge on any atom is 0.237 e. The molecule has 0 bridgehead atoms. The van der Waals surface area contributed by atoms with Gasteiger partial charge in [0.15, 0.2) is 17.3 Å². The molecular weight excluding hydrogens is 304 g/mol. The molecule has 1 aliphatic rings. The molecule has 1 aromatic carbocycles. The van der Waals surface area contributed by atoms with Crippen molar-refractivity contribution < 1.29 is 34.8 Å². The molecule has 2 rings (SSSR count). The highest BCUT2D eigenvalue weighted by molar-refractivity contribution is 6.53. The van der Waals surface area contributed by atoms with E-state index in [9.17, 15) is 34.8 Å². The van der Waals surface area contributed by atoms with Gasteiger partial charge in [-0.2, -0.15) is 0 Å². The van der Waals surface area contributed by atoms with Crippen molar-refractivity contribution in [3.63, 3.8) is 0 Å². The number of phenols is 3. The molecule has 0 aromatic heterocycles. The first-order valence-electron chi connectivity index (χ1n) is 6.81. The largest absolute Gasteiger partial charge is 0.506 e.